The zero-order valence-corrected chi connectivity index (χ0v) is 17.7. The molecule has 4 nitrogen and oxygen atoms in total. The SMILES string of the molecule is C[Si](C)(C)CCOCOc1c(F)cc(-c2ccc3c(n2)CCC(F)C3=O)cc1F. The van der Waals surface area contributed by atoms with Crippen molar-refractivity contribution in [3.8, 4) is 17.0 Å². The molecular weight excluding hydrogens is 399 g/mol. The third-order valence-electron chi connectivity index (χ3n) is 4.74. The van der Waals surface area contributed by atoms with Gasteiger partial charge in [0.05, 0.1) is 11.4 Å². The number of pyridine rings is 1. The lowest BCUT2D eigenvalue weighted by Crippen LogP contribution is -2.24. The van der Waals surface area contributed by atoms with Crippen LogP contribution in [0, 0.1) is 11.6 Å². The molecule has 1 aliphatic carbocycles. The van der Waals surface area contributed by atoms with Crippen LogP contribution in [0.1, 0.15) is 22.5 Å². The van der Waals surface area contributed by atoms with Crippen LogP contribution in [0.25, 0.3) is 11.3 Å². The van der Waals surface area contributed by atoms with Gasteiger partial charge < -0.3 is 9.47 Å². The fraction of sp³-hybridized carbons (Fsp3) is 0.429. The molecule has 29 heavy (non-hydrogen) atoms. The number of carbonyl (C=O) groups excluding carboxylic acids is 1. The summed E-state index contributed by atoms with van der Waals surface area (Å²) in [6.07, 6.45) is -1.15. The van der Waals surface area contributed by atoms with E-state index in [1.165, 1.54) is 12.1 Å². The van der Waals surface area contributed by atoms with E-state index in [4.69, 9.17) is 9.47 Å². The Bertz CT molecular complexity index is 892. The van der Waals surface area contributed by atoms with E-state index < -0.39 is 37.4 Å². The van der Waals surface area contributed by atoms with E-state index in [9.17, 15) is 18.0 Å². The number of ether oxygens (including phenoxy) is 2. The lowest BCUT2D eigenvalue weighted by Gasteiger charge is -2.18. The molecule has 0 saturated heterocycles. The predicted octanol–water partition coefficient (Wildman–Crippen LogP) is 5.18. The molecule has 156 valence electrons. The molecule has 0 saturated carbocycles. The zero-order valence-electron chi connectivity index (χ0n) is 16.7. The summed E-state index contributed by atoms with van der Waals surface area (Å²) in [5.74, 6) is -2.84. The second-order valence-electron chi connectivity index (χ2n) is 8.31. The highest BCUT2D eigenvalue weighted by atomic mass is 28.3. The molecule has 0 spiro atoms. The van der Waals surface area contributed by atoms with Crippen LogP contribution in [-0.4, -0.2) is 38.4 Å². The van der Waals surface area contributed by atoms with Gasteiger partial charge in [0.25, 0.3) is 0 Å². The van der Waals surface area contributed by atoms with Gasteiger partial charge in [-0.25, -0.2) is 13.2 Å². The number of alkyl halides is 1. The first-order valence-electron chi connectivity index (χ1n) is 9.54. The fourth-order valence-electron chi connectivity index (χ4n) is 3.02. The summed E-state index contributed by atoms with van der Waals surface area (Å²) in [5.41, 5.74) is 1.19. The Morgan fingerprint density at radius 3 is 2.52 bits per heavy atom. The van der Waals surface area contributed by atoms with Crippen molar-refractivity contribution in [3.05, 3.63) is 47.2 Å². The number of rotatable bonds is 7. The van der Waals surface area contributed by atoms with Gasteiger partial charge in [0, 0.05) is 25.8 Å². The molecule has 0 aliphatic heterocycles. The maximum absolute atomic E-state index is 14.4. The molecule has 0 radical (unpaired) electrons. The molecule has 1 aliphatic rings. The van der Waals surface area contributed by atoms with Gasteiger partial charge in [-0.15, -0.1) is 0 Å². The largest absolute Gasteiger partial charge is 0.461 e. The summed E-state index contributed by atoms with van der Waals surface area (Å²) < 4.78 is 52.8. The molecule has 1 heterocycles. The second kappa shape index (κ2) is 8.67. The number of aryl methyl sites for hydroxylation is 1. The van der Waals surface area contributed by atoms with Crippen molar-refractivity contribution in [1.29, 1.82) is 0 Å². The van der Waals surface area contributed by atoms with Gasteiger partial charge in [-0.05, 0) is 43.2 Å². The number of fused-ring (bicyclic) bond motifs is 1. The smallest absolute Gasteiger partial charge is 0.198 e. The maximum Gasteiger partial charge on any atom is 0.198 e. The van der Waals surface area contributed by atoms with Crippen LogP contribution in [0.3, 0.4) is 0 Å². The van der Waals surface area contributed by atoms with Gasteiger partial charge >= 0.3 is 0 Å². The Kier molecular flexibility index (Phi) is 6.43. The molecule has 0 N–H and O–H groups in total. The third kappa shape index (κ3) is 5.25. The zero-order chi connectivity index (χ0) is 21.2. The summed E-state index contributed by atoms with van der Waals surface area (Å²) in [4.78, 5) is 16.2. The molecule has 1 atom stereocenters. The van der Waals surface area contributed by atoms with E-state index in [0.717, 1.165) is 18.2 Å². The van der Waals surface area contributed by atoms with Crippen molar-refractivity contribution in [2.45, 2.75) is 44.7 Å². The van der Waals surface area contributed by atoms with Gasteiger partial charge in [0.2, 0.25) is 0 Å². The van der Waals surface area contributed by atoms with Gasteiger partial charge in [0.1, 0.15) is 0 Å². The Morgan fingerprint density at radius 2 is 1.86 bits per heavy atom. The number of hydrogen-bond donors (Lipinski definition) is 0. The van der Waals surface area contributed by atoms with Crippen molar-refractivity contribution in [1.82, 2.24) is 4.98 Å². The minimum absolute atomic E-state index is 0.0650. The topological polar surface area (TPSA) is 48.4 Å². The Hall–Kier alpha value is -2.19. The molecule has 0 fully saturated rings. The molecule has 0 amide bonds. The highest BCUT2D eigenvalue weighted by molar-refractivity contribution is 6.76. The van der Waals surface area contributed by atoms with Crippen LogP contribution in [0.5, 0.6) is 5.75 Å². The van der Waals surface area contributed by atoms with Crippen LogP contribution in [0.4, 0.5) is 13.2 Å². The average molecular weight is 424 g/mol. The number of carbonyl (C=O) groups is 1. The Balaban J connectivity index is 1.72. The lowest BCUT2D eigenvalue weighted by atomic mass is 9.92. The molecule has 3 rings (SSSR count). The minimum atomic E-state index is -1.52. The first kappa shape index (κ1) is 21.5. The monoisotopic (exact) mass is 423 g/mol. The van der Waals surface area contributed by atoms with Crippen LogP contribution >= 0.6 is 0 Å². The molecule has 1 aromatic carbocycles. The number of benzene rings is 1. The lowest BCUT2D eigenvalue weighted by molar-refractivity contribution is 0.0173. The fourth-order valence-corrected chi connectivity index (χ4v) is 3.78. The van der Waals surface area contributed by atoms with E-state index in [0.29, 0.717) is 24.4 Å². The van der Waals surface area contributed by atoms with Crippen molar-refractivity contribution in [2.24, 2.45) is 0 Å². The minimum Gasteiger partial charge on any atom is -0.461 e. The van der Waals surface area contributed by atoms with E-state index in [1.54, 1.807) is 0 Å². The molecule has 8 heteroatoms. The standard InChI is InChI=1S/C21H24F3NO3Si/c1-29(2,3)9-8-27-12-28-21-16(23)10-13(11-17(21)24)18-6-4-14-19(25-18)7-5-15(22)20(14)26/h4,6,10-11,15H,5,7-9,12H2,1-3H3. The summed E-state index contributed by atoms with van der Waals surface area (Å²) in [7, 11) is -1.25. The second-order valence-corrected chi connectivity index (χ2v) is 13.9. The first-order chi connectivity index (χ1) is 13.7. The van der Waals surface area contributed by atoms with Gasteiger partial charge in [-0.1, -0.05) is 19.6 Å². The van der Waals surface area contributed by atoms with E-state index in [-0.39, 0.29) is 24.3 Å². The quantitative estimate of drug-likeness (QED) is 0.350. The molecule has 1 aromatic heterocycles. The number of nitrogens with zero attached hydrogens (tertiary/aromatic N) is 1. The number of hydrogen-bond acceptors (Lipinski definition) is 4. The molecule has 1 unspecified atom stereocenters. The van der Waals surface area contributed by atoms with Crippen LogP contribution < -0.4 is 4.74 Å². The number of halogens is 3. The number of ketones is 1. The van der Waals surface area contributed by atoms with Gasteiger partial charge in [0.15, 0.2) is 36.1 Å². The van der Waals surface area contributed by atoms with Crippen molar-refractivity contribution in [2.75, 3.05) is 13.4 Å². The summed E-state index contributed by atoms with van der Waals surface area (Å²) in [5, 5.41) is 0. The van der Waals surface area contributed by atoms with Crippen LogP contribution in [0.2, 0.25) is 25.7 Å². The highest BCUT2D eigenvalue weighted by Gasteiger charge is 2.28. The number of Topliss-reactive ketones (excluding diaryl/α,β-unsaturated/α-hetero) is 1. The Labute approximate surface area is 169 Å². The van der Waals surface area contributed by atoms with Crippen LogP contribution in [0.15, 0.2) is 24.3 Å². The predicted molar refractivity (Wildman–Crippen MR) is 107 cm³/mol. The third-order valence-corrected chi connectivity index (χ3v) is 6.44. The first-order valence-corrected chi connectivity index (χ1v) is 13.2. The summed E-state index contributed by atoms with van der Waals surface area (Å²) in [6.45, 7) is 6.86. The maximum atomic E-state index is 14.4. The normalized spacial score (nSPS) is 16.6. The van der Waals surface area contributed by atoms with E-state index in [2.05, 4.69) is 24.6 Å². The van der Waals surface area contributed by atoms with Gasteiger partial charge in [-0.3, -0.25) is 9.78 Å². The van der Waals surface area contributed by atoms with E-state index >= 15 is 0 Å². The van der Waals surface area contributed by atoms with Crippen molar-refractivity contribution < 1.29 is 27.4 Å². The van der Waals surface area contributed by atoms with Gasteiger partial charge in [-0.2, -0.15) is 0 Å². The molecular formula is C21H24F3NO3Si. The molecule has 0 bridgehead atoms. The highest BCUT2D eigenvalue weighted by Crippen LogP contribution is 2.30. The summed E-state index contributed by atoms with van der Waals surface area (Å²) >= 11 is 0. The number of aromatic nitrogens is 1. The average Bonchev–Trinajstić information content (AvgIpc) is 2.65. The molecule has 2 aromatic rings. The van der Waals surface area contributed by atoms with Crippen molar-refractivity contribution >= 4 is 13.9 Å². The Morgan fingerprint density at radius 1 is 1.17 bits per heavy atom. The van der Waals surface area contributed by atoms with E-state index in [1.807, 2.05) is 0 Å². The van der Waals surface area contributed by atoms with Crippen molar-refractivity contribution in [3.63, 3.8) is 0 Å². The summed E-state index contributed by atoms with van der Waals surface area (Å²) in [6, 6.07) is 6.09. The van der Waals surface area contributed by atoms with Crippen LogP contribution in [-0.2, 0) is 11.2 Å².